The number of hydrogen-bond donors (Lipinski definition) is 1. The summed E-state index contributed by atoms with van der Waals surface area (Å²) in [6.45, 7) is 4.13. The van der Waals surface area contributed by atoms with Gasteiger partial charge in [0.25, 0.3) is 0 Å². The van der Waals surface area contributed by atoms with Crippen LogP contribution in [0.5, 0.6) is 0 Å². The molecule has 3 rings (SSSR count). The maximum Gasteiger partial charge on any atom is 0.249 e. The number of nitrogens with zero attached hydrogens (tertiary/aromatic N) is 1. The second kappa shape index (κ2) is 5.05. The predicted molar refractivity (Wildman–Crippen MR) is 77.1 cm³/mol. The Labute approximate surface area is 121 Å². The molecule has 3 fully saturated rings. The van der Waals surface area contributed by atoms with Crippen molar-refractivity contribution < 1.29 is 9.59 Å². The maximum absolute atomic E-state index is 13.0. The largest absolute Gasteiger partial charge is 0.340 e. The number of hydrogen-bond acceptors (Lipinski definition) is 2. The van der Waals surface area contributed by atoms with Crippen LogP contribution >= 0.6 is 0 Å². The van der Waals surface area contributed by atoms with Crippen LogP contribution in [0.1, 0.15) is 65.2 Å². The van der Waals surface area contributed by atoms with Crippen LogP contribution in [0, 0.1) is 5.92 Å². The van der Waals surface area contributed by atoms with Gasteiger partial charge in [0.2, 0.25) is 11.8 Å². The molecule has 2 unspecified atom stereocenters. The number of nitrogens with one attached hydrogen (secondary N) is 1. The van der Waals surface area contributed by atoms with E-state index in [1.54, 1.807) is 0 Å². The van der Waals surface area contributed by atoms with Crippen LogP contribution in [0.4, 0.5) is 0 Å². The molecule has 20 heavy (non-hydrogen) atoms. The van der Waals surface area contributed by atoms with Crippen LogP contribution in [0.15, 0.2) is 0 Å². The van der Waals surface area contributed by atoms with Crippen LogP contribution in [-0.4, -0.2) is 34.3 Å². The van der Waals surface area contributed by atoms with Crippen molar-refractivity contribution in [1.82, 2.24) is 10.2 Å². The van der Waals surface area contributed by atoms with Gasteiger partial charge in [-0.1, -0.05) is 32.6 Å². The lowest BCUT2D eigenvalue weighted by molar-refractivity contribution is -0.157. The lowest BCUT2D eigenvalue weighted by Crippen LogP contribution is -2.70. The average molecular weight is 278 g/mol. The highest BCUT2D eigenvalue weighted by atomic mass is 16.2. The van der Waals surface area contributed by atoms with Gasteiger partial charge in [0.1, 0.15) is 11.6 Å². The molecule has 0 aromatic rings. The summed E-state index contributed by atoms with van der Waals surface area (Å²) in [5.74, 6) is 1.03. The monoisotopic (exact) mass is 278 g/mol. The summed E-state index contributed by atoms with van der Waals surface area (Å²) in [6, 6.07) is -0.0639. The Morgan fingerprint density at radius 2 is 1.95 bits per heavy atom. The van der Waals surface area contributed by atoms with Crippen molar-refractivity contribution >= 4 is 11.8 Å². The van der Waals surface area contributed by atoms with Crippen LogP contribution in [0.25, 0.3) is 0 Å². The summed E-state index contributed by atoms with van der Waals surface area (Å²) in [5, 5.41) is 3.07. The van der Waals surface area contributed by atoms with E-state index in [4.69, 9.17) is 0 Å². The van der Waals surface area contributed by atoms with Gasteiger partial charge in [0.15, 0.2) is 0 Å². The van der Waals surface area contributed by atoms with E-state index < -0.39 is 5.54 Å². The topological polar surface area (TPSA) is 49.4 Å². The van der Waals surface area contributed by atoms with E-state index in [-0.39, 0.29) is 23.9 Å². The lowest BCUT2D eigenvalue weighted by Gasteiger charge is -2.47. The number of amides is 2. The first kappa shape index (κ1) is 13.9. The first-order valence-corrected chi connectivity index (χ1v) is 8.22. The van der Waals surface area contributed by atoms with Crippen molar-refractivity contribution in [3.63, 3.8) is 0 Å². The number of carbonyl (C=O) groups excluding carboxylic acids is 2. The zero-order chi connectivity index (χ0) is 14.3. The Balaban J connectivity index is 1.84. The molecule has 2 saturated carbocycles. The zero-order valence-corrected chi connectivity index (χ0v) is 12.7. The van der Waals surface area contributed by atoms with Gasteiger partial charge in [-0.15, -0.1) is 0 Å². The summed E-state index contributed by atoms with van der Waals surface area (Å²) in [5.41, 5.74) is -0.569. The first-order valence-electron chi connectivity index (χ1n) is 8.22. The molecule has 112 valence electrons. The molecule has 1 spiro atoms. The lowest BCUT2D eigenvalue weighted by atomic mass is 9.88. The highest BCUT2D eigenvalue weighted by Gasteiger charge is 2.52. The minimum atomic E-state index is -0.569. The molecule has 1 saturated heterocycles. The van der Waals surface area contributed by atoms with Crippen LogP contribution in [-0.2, 0) is 9.59 Å². The molecule has 2 atom stereocenters. The average Bonchev–Trinajstić information content (AvgIpc) is 3.10. The van der Waals surface area contributed by atoms with Crippen molar-refractivity contribution in [1.29, 1.82) is 0 Å². The van der Waals surface area contributed by atoms with E-state index in [1.165, 1.54) is 12.8 Å². The molecular formula is C16H26N2O2. The fourth-order valence-electron chi connectivity index (χ4n) is 4.04. The normalized spacial score (nSPS) is 30.7. The molecule has 2 aliphatic carbocycles. The van der Waals surface area contributed by atoms with Gasteiger partial charge in [-0.2, -0.15) is 0 Å². The zero-order valence-electron chi connectivity index (χ0n) is 12.7. The summed E-state index contributed by atoms with van der Waals surface area (Å²) in [4.78, 5) is 27.4. The fraction of sp³-hybridized carbons (Fsp3) is 0.875. The Hall–Kier alpha value is -1.06. The number of piperazine rings is 1. The van der Waals surface area contributed by atoms with Crippen LogP contribution in [0.3, 0.4) is 0 Å². The minimum absolute atomic E-state index is 0.0663. The quantitative estimate of drug-likeness (QED) is 0.857. The third-order valence-electron chi connectivity index (χ3n) is 5.33. The molecule has 2 amide bonds. The Bertz CT molecular complexity index is 411. The summed E-state index contributed by atoms with van der Waals surface area (Å²) in [6.07, 6.45) is 8.10. The summed E-state index contributed by atoms with van der Waals surface area (Å²) >= 11 is 0. The van der Waals surface area contributed by atoms with Gasteiger partial charge in [-0.25, -0.2) is 0 Å². The van der Waals surface area contributed by atoms with E-state index in [0.717, 1.165) is 38.0 Å². The van der Waals surface area contributed by atoms with E-state index in [0.29, 0.717) is 6.42 Å². The highest BCUT2D eigenvalue weighted by Crippen LogP contribution is 2.39. The van der Waals surface area contributed by atoms with Gasteiger partial charge in [-0.3, -0.25) is 9.59 Å². The minimum Gasteiger partial charge on any atom is -0.340 e. The third-order valence-corrected chi connectivity index (χ3v) is 5.33. The fourth-order valence-corrected chi connectivity index (χ4v) is 4.04. The molecule has 1 N–H and O–H groups in total. The van der Waals surface area contributed by atoms with Crippen molar-refractivity contribution in [2.75, 3.05) is 0 Å². The molecular weight excluding hydrogens is 252 g/mol. The van der Waals surface area contributed by atoms with Crippen molar-refractivity contribution in [2.24, 2.45) is 5.92 Å². The molecule has 0 radical (unpaired) electrons. The van der Waals surface area contributed by atoms with Crippen LogP contribution in [0.2, 0.25) is 0 Å². The smallest absolute Gasteiger partial charge is 0.249 e. The molecule has 3 aliphatic rings. The van der Waals surface area contributed by atoms with Crippen molar-refractivity contribution in [3.8, 4) is 0 Å². The molecule has 4 heteroatoms. The van der Waals surface area contributed by atoms with Gasteiger partial charge in [0.05, 0.1) is 0 Å². The van der Waals surface area contributed by atoms with E-state index >= 15 is 0 Å². The van der Waals surface area contributed by atoms with Gasteiger partial charge in [0, 0.05) is 6.04 Å². The third kappa shape index (κ3) is 2.23. The summed E-state index contributed by atoms with van der Waals surface area (Å²) in [7, 11) is 0. The second-order valence-electron chi connectivity index (χ2n) is 6.94. The molecule has 0 aromatic carbocycles. The molecule has 1 aliphatic heterocycles. The van der Waals surface area contributed by atoms with Crippen molar-refractivity contribution in [3.05, 3.63) is 0 Å². The number of rotatable bonds is 4. The molecule has 0 bridgehead atoms. The van der Waals surface area contributed by atoms with Crippen molar-refractivity contribution in [2.45, 2.75) is 82.8 Å². The number of carbonyl (C=O) groups is 2. The highest BCUT2D eigenvalue weighted by molar-refractivity contribution is 6.00. The Kier molecular flexibility index (Phi) is 3.51. The van der Waals surface area contributed by atoms with Gasteiger partial charge in [-0.05, 0) is 38.5 Å². The Morgan fingerprint density at radius 3 is 2.50 bits per heavy atom. The molecule has 4 nitrogen and oxygen atoms in total. The predicted octanol–water partition coefficient (Wildman–Crippen LogP) is 2.22. The van der Waals surface area contributed by atoms with E-state index in [1.807, 2.05) is 11.8 Å². The Morgan fingerprint density at radius 1 is 1.30 bits per heavy atom. The molecule has 1 heterocycles. The molecule has 0 aromatic heterocycles. The van der Waals surface area contributed by atoms with Gasteiger partial charge < -0.3 is 10.2 Å². The SMILES string of the molecule is CCC1C(=O)NC2(CCCC2)C(=O)N1C(C)CC1CC1. The van der Waals surface area contributed by atoms with Gasteiger partial charge >= 0.3 is 0 Å². The summed E-state index contributed by atoms with van der Waals surface area (Å²) < 4.78 is 0. The maximum atomic E-state index is 13.0. The van der Waals surface area contributed by atoms with Crippen LogP contribution < -0.4 is 5.32 Å². The van der Waals surface area contributed by atoms with E-state index in [2.05, 4.69) is 12.2 Å². The standard InChI is InChI=1S/C16H26N2O2/c1-3-13-14(19)17-16(8-4-5-9-16)15(20)18(13)11(2)10-12-6-7-12/h11-13H,3-10H2,1-2H3,(H,17,19). The van der Waals surface area contributed by atoms with E-state index in [9.17, 15) is 9.59 Å². The second-order valence-corrected chi connectivity index (χ2v) is 6.94. The first-order chi connectivity index (χ1) is 9.57.